The molecule has 1 nitrogen and oxygen atoms in total. The molecule has 0 aromatic rings. The summed E-state index contributed by atoms with van der Waals surface area (Å²) < 4.78 is 0. The molecular formula is C12H27N. The molecule has 0 heterocycles. The molecule has 0 radical (unpaired) electrons. The molecule has 0 aliphatic heterocycles. The van der Waals surface area contributed by atoms with Crippen LogP contribution in [0.15, 0.2) is 0 Å². The van der Waals surface area contributed by atoms with Gasteiger partial charge in [-0.2, -0.15) is 0 Å². The Kier molecular flexibility index (Phi) is 6.40. The lowest BCUT2D eigenvalue weighted by Gasteiger charge is -2.33. The van der Waals surface area contributed by atoms with Crippen molar-refractivity contribution in [2.24, 2.45) is 5.92 Å². The Morgan fingerprint density at radius 2 is 1.62 bits per heavy atom. The minimum absolute atomic E-state index is 0.416. The molecule has 0 aliphatic rings. The summed E-state index contributed by atoms with van der Waals surface area (Å²) in [6, 6.07) is 0. The second-order valence-corrected chi connectivity index (χ2v) is 4.51. The molecule has 0 spiro atoms. The Morgan fingerprint density at radius 3 is 1.92 bits per heavy atom. The zero-order chi connectivity index (χ0) is 10.3. The number of hydrogen-bond acceptors (Lipinski definition) is 1. The van der Waals surface area contributed by atoms with Gasteiger partial charge >= 0.3 is 0 Å². The van der Waals surface area contributed by atoms with Gasteiger partial charge in [0.2, 0.25) is 0 Å². The van der Waals surface area contributed by atoms with Crippen molar-refractivity contribution in [2.45, 2.75) is 65.8 Å². The number of hydrogen-bond donors (Lipinski definition) is 1. The minimum Gasteiger partial charge on any atom is -0.311 e. The largest absolute Gasteiger partial charge is 0.311 e. The first kappa shape index (κ1) is 13.0. The Labute approximate surface area is 84.3 Å². The van der Waals surface area contributed by atoms with E-state index in [1.807, 2.05) is 0 Å². The van der Waals surface area contributed by atoms with Gasteiger partial charge in [-0.05, 0) is 31.7 Å². The van der Waals surface area contributed by atoms with Crippen molar-refractivity contribution in [1.29, 1.82) is 0 Å². The van der Waals surface area contributed by atoms with E-state index in [0.29, 0.717) is 5.54 Å². The van der Waals surface area contributed by atoms with E-state index < -0.39 is 0 Å². The van der Waals surface area contributed by atoms with E-state index >= 15 is 0 Å². The first-order chi connectivity index (χ1) is 6.10. The van der Waals surface area contributed by atoms with Crippen molar-refractivity contribution in [3.05, 3.63) is 0 Å². The van der Waals surface area contributed by atoms with Crippen LogP contribution in [-0.4, -0.2) is 12.1 Å². The molecule has 0 aliphatic carbocycles. The van der Waals surface area contributed by atoms with Crippen LogP contribution in [0.1, 0.15) is 60.3 Å². The molecule has 0 atom stereocenters. The summed E-state index contributed by atoms with van der Waals surface area (Å²) in [5.74, 6) is 0.759. The fraction of sp³-hybridized carbons (Fsp3) is 1.00. The van der Waals surface area contributed by atoms with Crippen LogP contribution < -0.4 is 5.32 Å². The first-order valence-corrected chi connectivity index (χ1v) is 5.85. The van der Waals surface area contributed by atoms with Crippen LogP contribution in [0.25, 0.3) is 0 Å². The molecular weight excluding hydrogens is 158 g/mol. The number of rotatable bonds is 7. The lowest BCUT2D eigenvalue weighted by Crippen LogP contribution is -2.45. The van der Waals surface area contributed by atoms with Gasteiger partial charge < -0.3 is 5.32 Å². The maximum atomic E-state index is 3.73. The van der Waals surface area contributed by atoms with Crippen molar-refractivity contribution in [2.75, 3.05) is 6.54 Å². The average Bonchev–Trinajstić information content (AvgIpc) is 2.12. The number of nitrogens with one attached hydrogen (secondary N) is 1. The Balaban J connectivity index is 4.04. The van der Waals surface area contributed by atoms with Crippen molar-refractivity contribution in [3.8, 4) is 0 Å². The summed E-state index contributed by atoms with van der Waals surface area (Å²) in [5, 5.41) is 3.73. The highest BCUT2D eigenvalue weighted by atomic mass is 15.0. The Bertz CT molecular complexity index is 114. The first-order valence-electron chi connectivity index (χ1n) is 5.85. The normalized spacial score (nSPS) is 12.5. The molecule has 0 saturated carbocycles. The molecule has 0 aromatic heterocycles. The molecule has 0 fully saturated rings. The highest BCUT2D eigenvalue weighted by Gasteiger charge is 2.23. The topological polar surface area (TPSA) is 12.0 Å². The minimum atomic E-state index is 0.416. The van der Waals surface area contributed by atoms with Gasteiger partial charge in [-0.1, -0.05) is 41.0 Å². The molecule has 1 heteroatoms. The summed E-state index contributed by atoms with van der Waals surface area (Å²) in [6.45, 7) is 12.6. The van der Waals surface area contributed by atoms with Crippen molar-refractivity contribution >= 4 is 0 Å². The summed E-state index contributed by atoms with van der Waals surface area (Å²) in [7, 11) is 0. The summed E-state index contributed by atoms with van der Waals surface area (Å²) in [6.07, 6.45) is 5.10. The lowest BCUT2D eigenvalue weighted by atomic mass is 9.87. The van der Waals surface area contributed by atoms with E-state index in [1.165, 1.54) is 25.7 Å². The lowest BCUT2D eigenvalue weighted by molar-refractivity contribution is 0.265. The van der Waals surface area contributed by atoms with Crippen LogP contribution in [0.4, 0.5) is 0 Å². The van der Waals surface area contributed by atoms with Gasteiger partial charge in [0.1, 0.15) is 0 Å². The monoisotopic (exact) mass is 185 g/mol. The van der Waals surface area contributed by atoms with Crippen LogP contribution in [0.3, 0.4) is 0 Å². The average molecular weight is 185 g/mol. The highest BCUT2D eigenvalue weighted by molar-refractivity contribution is 4.84. The second-order valence-electron chi connectivity index (χ2n) is 4.51. The Hall–Kier alpha value is -0.0400. The fourth-order valence-corrected chi connectivity index (χ4v) is 1.84. The summed E-state index contributed by atoms with van der Waals surface area (Å²) >= 11 is 0. The fourth-order valence-electron chi connectivity index (χ4n) is 1.84. The van der Waals surface area contributed by atoms with E-state index in [-0.39, 0.29) is 0 Å². The second kappa shape index (κ2) is 6.42. The van der Waals surface area contributed by atoms with Gasteiger partial charge in [-0.3, -0.25) is 0 Å². The third-order valence-electron chi connectivity index (χ3n) is 2.97. The molecule has 0 aromatic carbocycles. The van der Waals surface area contributed by atoms with Crippen LogP contribution in [0.5, 0.6) is 0 Å². The third kappa shape index (κ3) is 4.66. The molecule has 13 heavy (non-hydrogen) atoms. The highest BCUT2D eigenvalue weighted by Crippen LogP contribution is 2.21. The molecule has 0 amide bonds. The molecule has 1 N–H and O–H groups in total. The standard InChI is InChI=1S/C12H27N/c1-6-9-12(7-2,8-3)13-10-11(4)5/h11,13H,6-10H2,1-5H3. The van der Waals surface area contributed by atoms with Crippen LogP contribution >= 0.6 is 0 Å². The van der Waals surface area contributed by atoms with Gasteiger partial charge in [0.05, 0.1) is 0 Å². The predicted molar refractivity (Wildman–Crippen MR) is 61.1 cm³/mol. The molecule has 0 bridgehead atoms. The summed E-state index contributed by atoms with van der Waals surface area (Å²) in [4.78, 5) is 0. The van der Waals surface area contributed by atoms with E-state index in [4.69, 9.17) is 0 Å². The quantitative estimate of drug-likeness (QED) is 0.639. The van der Waals surface area contributed by atoms with E-state index in [0.717, 1.165) is 12.5 Å². The van der Waals surface area contributed by atoms with Crippen LogP contribution in [0, 0.1) is 5.92 Å². The van der Waals surface area contributed by atoms with E-state index in [2.05, 4.69) is 39.9 Å². The summed E-state index contributed by atoms with van der Waals surface area (Å²) in [5.41, 5.74) is 0.416. The van der Waals surface area contributed by atoms with Gasteiger partial charge in [-0.25, -0.2) is 0 Å². The van der Waals surface area contributed by atoms with Crippen molar-refractivity contribution in [3.63, 3.8) is 0 Å². The maximum Gasteiger partial charge on any atom is 0.0176 e. The van der Waals surface area contributed by atoms with Gasteiger partial charge in [0, 0.05) is 5.54 Å². The van der Waals surface area contributed by atoms with Crippen molar-refractivity contribution in [1.82, 2.24) is 5.32 Å². The maximum absolute atomic E-state index is 3.73. The SMILES string of the molecule is CCCC(CC)(CC)NCC(C)C. The van der Waals surface area contributed by atoms with Gasteiger partial charge in [0.15, 0.2) is 0 Å². The zero-order valence-corrected chi connectivity index (χ0v) is 10.1. The smallest absolute Gasteiger partial charge is 0.0176 e. The van der Waals surface area contributed by atoms with E-state index in [1.54, 1.807) is 0 Å². The van der Waals surface area contributed by atoms with Crippen LogP contribution in [0.2, 0.25) is 0 Å². The molecule has 80 valence electrons. The van der Waals surface area contributed by atoms with Gasteiger partial charge in [-0.15, -0.1) is 0 Å². The Morgan fingerprint density at radius 1 is 1.08 bits per heavy atom. The zero-order valence-electron chi connectivity index (χ0n) is 10.1. The molecule has 0 rings (SSSR count). The molecule has 0 saturated heterocycles. The van der Waals surface area contributed by atoms with Crippen LogP contribution in [-0.2, 0) is 0 Å². The molecule has 0 unspecified atom stereocenters. The van der Waals surface area contributed by atoms with Gasteiger partial charge in [0.25, 0.3) is 0 Å². The van der Waals surface area contributed by atoms with E-state index in [9.17, 15) is 0 Å². The predicted octanol–water partition coefficient (Wildman–Crippen LogP) is 3.59. The van der Waals surface area contributed by atoms with Crippen molar-refractivity contribution < 1.29 is 0 Å². The third-order valence-corrected chi connectivity index (χ3v) is 2.97.